The zero-order valence-electron chi connectivity index (χ0n) is 9.20. The molecule has 1 atom stereocenters. The Morgan fingerprint density at radius 1 is 1.43 bits per heavy atom. The van der Waals surface area contributed by atoms with Crippen LogP contribution in [-0.2, 0) is 18.4 Å². The Bertz CT molecular complexity index is 201. The standard InChI is InChI=1S/C9H18O4Si/c1-7(2)9(10)13-8(3)6-14(11-4)12-5/h8,14H,1,6H2,2-5H3. The molecule has 0 aliphatic carbocycles. The van der Waals surface area contributed by atoms with Gasteiger partial charge in [0.1, 0.15) is 6.10 Å². The molecule has 0 fully saturated rings. The molecule has 1 unspecified atom stereocenters. The summed E-state index contributed by atoms with van der Waals surface area (Å²) in [5.74, 6) is -0.363. The molecule has 0 aromatic rings. The quantitative estimate of drug-likeness (QED) is 0.379. The van der Waals surface area contributed by atoms with Crippen molar-refractivity contribution in [2.75, 3.05) is 14.2 Å². The van der Waals surface area contributed by atoms with Gasteiger partial charge in [-0.05, 0) is 13.8 Å². The van der Waals surface area contributed by atoms with Gasteiger partial charge in [-0.1, -0.05) is 6.58 Å². The van der Waals surface area contributed by atoms with Crippen molar-refractivity contribution >= 4 is 15.3 Å². The molecule has 0 amide bonds. The minimum atomic E-state index is -1.65. The summed E-state index contributed by atoms with van der Waals surface area (Å²) in [6, 6.07) is 0.645. The van der Waals surface area contributed by atoms with E-state index in [9.17, 15) is 4.79 Å². The first-order valence-electron chi connectivity index (χ1n) is 4.43. The van der Waals surface area contributed by atoms with Crippen molar-refractivity contribution in [1.29, 1.82) is 0 Å². The number of carbonyl (C=O) groups is 1. The third-order valence-electron chi connectivity index (χ3n) is 1.71. The highest BCUT2D eigenvalue weighted by molar-refractivity contribution is 6.44. The number of hydrogen-bond acceptors (Lipinski definition) is 4. The molecule has 5 heteroatoms. The lowest BCUT2D eigenvalue weighted by Crippen LogP contribution is -2.27. The first kappa shape index (κ1) is 13.3. The first-order valence-corrected chi connectivity index (χ1v) is 6.19. The average Bonchev–Trinajstić information content (AvgIpc) is 2.13. The van der Waals surface area contributed by atoms with E-state index in [1.807, 2.05) is 6.92 Å². The van der Waals surface area contributed by atoms with E-state index in [0.717, 1.165) is 0 Å². The van der Waals surface area contributed by atoms with Gasteiger partial charge in [0.25, 0.3) is 0 Å². The Hall–Kier alpha value is -0.653. The van der Waals surface area contributed by atoms with Crippen LogP contribution in [0.25, 0.3) is 0 Å². The highest BCUT2D eigenvalue weighted by Crippen LogP contribution is 2.06. The lowest BCUT2D eigenvalue weighted by atomic mass is 10.3. The van der Waals surface area contributed by atoms with Crippen LogP contribution in [0, 0.1) is 0 Å². The van der Waals surface area contributed by atoms with Crippen molar-refractivity contribution < 1.29 is 18.4 Å². The summed E-state index contributed by atoms with van der Waals surface area (Å²) >= 11 is 0. The molecule has 4 nitrogen and oxygen atoms in total. The smallest absolute Gasteiger partial charge is 0.333 e. The summed E-state index contributed by atoms with van der Waals surface area (Å²) in [6.45, 7) is 6.94. The third kappa shape index (κ3) is 5.16. The Kier molecular flexibility index (Phi) is 6.43. The normalized spacial score (nSPS) is 12.6. The average molecular weight is 218 g/mol. The monoisotopic (exact) mass is 218 g/mol. The van der Waals surface area contributed by atoms with E-state index in [0.29, 0.717) is 11.6 Å². The van der Waals surface area contributed by atoms with E-state index in [-0.39, 0.29) is 12.1 Å². The molecule has 0 saturated carbocycles. The molecule has 0 aromatic heterocycles. The SMILES string of the molecule is C=C(C)C(=O)OC(C)C[SiH](OC)OC. The van der Waals surface area contributed by atoms with Crippen LogP contribution in [0.1, 0.15) is 13.8 Å². The van der Waals surface area contributed by atoms with Crippen LogP contribution < -0.4 is 0 Å². The summed E-state index contributed by atoms with van der Waals surface area (Å²) in [5, 5.41) is 0. The van der Waals surface area contributed by atoms with E-state index in [1.54, 1.807) is 21.1 Å². The van der Waals surface area contributed by atoms with Gasteiger partial charge in [-0.15, -0.1) is 0 Å². The summed E-state index contributed by atoms with van der Waals surface area (Å²) < 4.78 is 15.3. The minimum Gasteiger partial charge on any atom is -0.459 e. The summed E-state index contributed by atoms with van der Waals surface area (Å²) in [4.78, 5) is 11.1. The van der Waals surface area contributed by atoms with Crippen molar-refractivity contribution in [2.45, 2.75) is 26.0 Å². The van der Waals surface area contributed by atoms with Crippen LogP contribution in [-0.4, -0.2) is 35.6 Å². The van der Waals surface area contributed by atoms with E-state index < -0.39 is 9.28 Å². The molecule has 0 aliphatic rings. The summed E-state index contributed by atoms with van der Waals surface area (Å²) in [6.07, 6.45) is -0.184. The molecule has 0 spiro atoms. The van der Waals surface area contributed by atoms with Gasteiger partial charge in [-0.2, -0.15) is 0 Å². The second-order valence-electron chi connectivity index (χ2n) is 3.13. The molecular formula is C9H18O4Si. The molecule has 14 heavy (non-hydrogen) atoms. The fourth-order valence-corrected chi connectivity index (χ4v) is 2.11. The zero-order chi connectivity index (χ0) is 11.1. The van der Waals surface area contributed by atoms with Crippen molar-refractivity contribution in [3.63, 3.8) is 0 Å². The second-order valence-corrected chi connectivity index (χ2v) is 5.41. The maximum Gasteiger partial charge on any atom is 0.333 e. The summed E-state index contributed by atoms with van der Waals surface area (Å²) in [7, 11) is 1.56. The highest BCUT2D eigenvalue weighted by atomic mass is 28.3. The Balaban J connectivity index is 3.90. The molecule has 0 N–H and O–H groups in total. The number of hydrogen-bond donors (Lipinski definition) is 0. The van der Waals surface area contributed by atoms with Gasteiger partial charge in [0.2, 0.25) is 0 Å². The van der Waals surface area contributed by atoms with Gasteiger partial charge in [-0.3, -0.25) is 0 Å². The van der Waals surface area contributed by atoms with Crippen LogP contribution in [0.2, 0.25) is 6.04 Å². The van der Waals surface area contributed by atoms with Gasteiger partial charge >= 0.3 is 15.3 Å². The molecular weight excluding hydrogens is 200 g/mol. The fourth-order valence-electron chi connectivity index (χ4n) is 0.891. The Labute approximate surface area is 86.7 Å². The lowest BCUT2D eigenvalue weighted by molar-refractivity contribution is -0.142. The van der Waals surface area contributed by atoms with Gasteiger partial charge in [0.15, 0.2) is 0 Å². The number of ether oxygens (including phenoxy) is 1. The van der Waals surface area contributed by atoms with Crippen molar-refractivity contribution in [3.8, 4) is 0 Å². The van der Waals surface area contributed by atoms with Crippen LogP contribution in [0.5, 0.6) is 0 Å². The largest absolute Gasteiger partial charge is 0.459 e. The predicted octanol–water partition coefficient (Wildman–Crippen LogP) is 1.01. The molecule has 82 valence electrons. The van der Waals surface area contributed by atoms with Gasteiger partial charge < -0.3 is 13.6 Å². The molecule has 0 rings (SSSR count). The molecule has 0 saturated heterocycles. The zero-order valence-corrected chi connectivity index (χ0v) is 10.4. The number of rotatable bonds is 6. The van der Waals surface area contributed by atoms with Crippen molar-refractivity contribution in [1.82, 2.24) is 0 Å². The third-order valence-corrected chi connectivity index (χ3v) is 3.81. The predicted molar refractivity (Wildman–Crippen MR) is 56.3 cm³/mol. The van der Waals surface area contributed by atoms with Crippen molar-refractivity contribution in [2.24, 2.45) is 0 Å². The first-order chi connectivity index (χ1) is 6.51. The van der Waals surface area contributed by atoms with Gasteiger partial charge in [0.05, 0.1) is 0 Å². The molecule has 0 radical (unpaired) electrons. The summed E-state index contributed by atoms with van der Waals surface area (Å²) in [5.41, 5.74) is 0.407. The van der Waals surface area contributed by atoms with Crippen LogP contribution in [0.4, 0.5) is 0 Å². The van der Waals surface area contributed by atoms with Crippen molar-refractivity contribution in [3.05, 3.63) is 12.2 Å². The van der Waals surface area contributed by atoms with E-state index >= 15 is 0 Å². The van der Waals surface area contributed by atoms with E-state index in [4.69, 9.17) is 13.6 Å². The maximum absolute atomic E-state index is 11.1. The molecule has 0 aromatic carbocycles. The fraction of sp³-hybridized carbons (Fsp3) is 0.667. The molecule has 0 bridgehead atoms. The van der Waals surface area contributed by atoms with Gasteiger partial charge in [0, 0.05) is 25.8 Å². The number of carbonyl (C=O) groups excluding carboxylic acids is 1. The lowest BCUT2D eigenvalue weighted by Gasteiger charge is -2.17. The second kappa shape index (κ2) is 6.75. The Morgan fingerprint density at radius 2 is 1.93 bits per heavy atom. The minimum absolute atomic E-state index is 0.184. The van der Waals surface area contributed by atoms with E-state index in [2.05, 4.69) is 6.58 Å². The van der Waals surface area contributed by atoms with E-state index in [1.165, 1.54) is 0 Å². The maximum atomic E-state index is 11.1. The highest BCUT2D eigenvalue weighted by Gasteiger charge is 2.18. The molecule has 0 heterocycles. The van der Waals surface area contributed by atoms with Gasteiger partial charge in [-0.25, -0.2) is 4.79 Å². The number of esters is 1. The topological polar surface area (TPSA) is 44.8 Å². The Morgan fingerprint density at radius 3 is 2.29 bits per heavy atom. The molecule has 0 aliphatic heterocycles. The van der Waals surface area contributed by atoms with Crippen LogP contribution in [0.3, 0.4) is 0 Å². The van der Waals surface area contributed by atoms with Crippen LogP contribution >= 0.6 is 0 Å². The van der Waals surface area contributed by atoms with Crippen LogP contribution in [0.15, 0.2) is 12.2 Å².